The first kappa shape index (κ1) is 18.9. The molecule has 0 fully saturated rings. The summed E-state index contributed by atoms with van der Waals surface area (Å²) >= 11 is 5.59. The van der Waals surface area contributed by atoms with Gasteiger partial charge in [0.2, 0.25) is 0 Å². The number of aromatic nitrogens is 1. The molecule has 1 heterocycles. The van der Waals surface area contributed by atoms with Gasteiger partial charge in [0.25, 0.3) is 15.7 Å². The number of hydrazine groups is 1. The van der Waals surface area contributed by atoms with Crippen molar-refractivity contribution >= 4 is 33.1 Å². The standard InChI is InChI=1S/C12H8ClF3N4O4S/c13-9-3-2-8(5-10(9)20(21)22)25(23,24)19-18-11-4-1-7(6-17-11)12(14,15)16/h1-6,19H,(H,17,18). The molecule has 134 valence electrons. The molecule has 0 amide bonds. The summed E-state index contributed by atoms with van der Waals surface area (Å²) in [4.78, 5) is 14.7. The average Bonchev–Trinajstić information content (AvgIpc) is 2.52. The summed E-state index contributed by atoms with van der Waals surface area (Å²) in [5.41, 5.74) is 0.487. The summed E-state index contributed by atoms with van der Waals surface area (Å²) in [7, 11) is -4.26. The fourth-order valence-electron chi connectivity index (χ4n) is 1.61. The topological polar surface area (TPSA) is 114 Å². The number of rotatable bonds is 5. The Morgan fingerprint density at radius 3 is 2.40 bits per heavy atom. The van der Waals surface area contributed by atoms with E-state index >= 15 is 0 Å². The van der Waals surface area contributed by atoms with Gasteiger partial charge in [-0.05, 0) is 24.3 Å². The van der Waals surface area contributed by atoms with Gasteiger partial charge in [-0.3, -0.25) is 15.5 Å². The van der Waals surface area contributed by atoms with E-state index in [1.165, 1.54) is 0 Å². The molecule has 0 aliphatic carbocycles. The number of pyridine rings is 1. The first-order chi connectivity index (χ1) is 11.5. The molecule has 8 nitrogen and oxygen atoms in total. The number of hydrogen-bond acceptors (Lipinski definition) is 6. The lowest BCUT2D eigenvalue weighted by atomic mass is 10.3. The van der Waals surface area contributed by atoms with Crippen LogP contribution in [0, 0.1) is 10.1 Å². The molecule has 0 unspecified atom stereocenters. The number of halogens is 4. The minimum atomic E-state index is -4.58. The van der Waals surface area contributed by atoms with E-state index in [9.17, 15) is 31.7 Å². The normalized spacial score (nSPS) is 12.0. The van der Waals surface area contributed by atoms with Crippen molar-refractivity contribution in [3.05, 3.63) is 57.2 Å². The van der Waals surface area contributed by atoms with E-state index in [1.54, 1.807) is 0 Å². The Balaban J connectivity index is 2.17. The highest BCUT2D eigenvalue weighted by atomic mass is 35.5. The van der Waals surface area contributed by atoms with Gasteiger partial charge in [-0.1, -0.05) is 11.6 Å². The smallest absolute Gasteiger partial charge is 0.292 e. The highest BCUT2D eigenvalue weighted by molar-refractivity contribution is 7.89. The monoisotopic (exact) mass is 396 g/mol. The van der Waals surface area contributed by atoms with Gasteiger partial charge in [0.15, 0.2) is 0 Å². The van der Waals surface area contributed by atoms with Gasteiger partial charge in [0.1, 0.15) is 10.8 Å². The number of anilines is 1. The van der Waals surface area contributed by atoms with Gasteiger partial charge in [-0.15, -0.1) is 4.83 Å². The third-order valence-electron chi connectivity index (χ3n) is 2.83. The summed E-state index contributed by atoms with van der Waals surface area (Å²) in [6, 6.07) is 4.42. The first-order valence-corrected chi connectivity index (χ1v) is 8.12. The zero-order valence-electron chi connectivity index (χ0n) is 11.9. The Bertz CT molecular complexity index is 904. The van der Waals surface area contributed by atoms with Crippen molar-refractivity contribution in [1.82, 2.24) is 9.82 Å². The SMILES string of the molecule is O=[N+]([O-])c1cc(S(=O)(=O)NNc2ccc(C(F)(F)F)cn2)ccc1Cl. The van der Waals surface area contributed by atoms with Crippen molar-refractivity contribution in [2.45, 2.75) is 11.1 Å². The fourth-order valence-corrected chi connectivity index (χ4v) is 2.67. The quantitative estimate of drug-likeness (QED) is 0.593. The molecule has 25 heavy (non-hydrogen) atoms. The van der Waals surface area contributed by atoms with Crippen molar-refractivity contribution in [3.63, 3.8) is 0 Å². The molecule has 0 bridgehead atoms. The molecule has 2 N–H and O–H groups in total. The number of nitrogens with zero attached hydrogens (tertiary/aromatic N) is 2. The molecule has 0 saturated heterocycles. The number of nitrogens with one attached hydrogen (secondary N) is 2. The van der Waals surface area contributed by atoms with Crippen LogP contribution < -0.4 is 10.3 Å². The molecule has 1 aromatic heterocycles. The van der Waals surface area contributed by atoms with Gasteiger partial charge >= 0.3 is 6.18 Å². The van der Waals surface area contributed by atoms with Crippen molar-refractivity contribution in [2.24, 2.45) is 0 Å². The van der Waals surface area contributed by atoms with E-state index in [-0.39, 0.29) is 10.8 Å². The minimum absolute atomic E-state index is 0.208. The average molecular weight is 397 g/mol. The van der Waals surface area contributed by atoms with Crippen LogP contribution in [0.25, 0.3) is 0 Å². The maximum Gasteiger partial charge on any atom is 0.417 e. The van der Waals surface area contributed by atoms with Gasteiger partial charge < -0.3 is 0 Å². The minimum Gasteiger partial charge on any atom is -0.292 e. The summed E-state index contributed by atoms with van der Waals surface area (Å²) in [6.45, 7) is 0. The molecular formula is C12H8ClF3N4O4S. The Morgan fingerprint density at radius 1 is 1.20 bits per heavy atom. The van der Waals surface area contributed by atoms with Crippen LogP contribution in [0.5, 0.6) is 0 Å². The van der Waals surface area contributed by atoms with Crippen LogP contribution in [0.15, 0.2) is 41.4 Å². The number of alkyl halides is 3. The Labute approximate surface area is 143 Å². The van der Waals surface area contributed by atoms with Crippen LogP contribution >= 0.6 is 11.6 Å². The van der Waals surface area contributed by atoms with Crippen molar-refractivity contribution in [3.8, 4) is 0 Å². The molecule has 0 spiro atoms. The number of benzene rings is 1. The Kier molecular flexibility index (Phi) is 5.15. The molecule has 2 rings (SSSR count). The number of sulfonamides is 1. The predicted molar refractivity (Wildman–Crippen MR) is 81.3 cm³/mol. The number of nitro groups is 1. The largest absolute Gasteiger partial charge is 0.417 e. The zero-order valence-corrected chi connectivity index (χ0v) is 13.5. The van der Waals surface area contributed by atoms with Gasteiger partial charge in [0, 0.05) is 12.3 Å². The predicted octanol–water partition coefficient (Wildman–Crippen LogP) is 2.97. The van der Waals surface area contributed by atoms with Crippen LogP contribution in [0.1, 0.15) is 5.56 Å². The van der Waals surface area contributed by atoms with Gasteiger partial charge in [-0.2, -0.15) is 13.2 Å². The number of hydrogen-bond donors (Lipinski definition) is 2. The summed E-state index contributed by atoms with van der Waals surface area (Å²) in [6.07, 6.45) is -4.06. The van der Waals surface area contributed by atoms with Crippen LogP contribution in [-0.2, 0) is 16.2 Å². The lowest BCUT2D eigenvalue weighted by molar-refractivity contribution is -0.384. The molecular weight excluding hydrogens is 389 g/mol. The molecule has 0 aliphatic heterocycles. The maximum absolute atomic E-state index is 12.4. The maximum atomic E-state index is 12.4. The van der Waals surface area contributed by atoms with E-state index in [2.05, 4.69) is 10.4 Å². The lowest BCUT2D eigenvalue weighted by Crippen LogP contribution is -2.30. The van der Waals surface area contributed by atoms with E-state index in [0.29, 0.717) is 12.3 Å². The van der Waals surface area contributed by atoms with E-state index in [1.807, 2.05) is 4.83 Å². The van der Waals surface area contributed by atoms with E-state index < -0.39 is 37.3 Å². The van der Waals surface area contributed by atoms with Crippen molar-refractivity contribution in [1.29, 1.82) is 0 Å². The van der Waals surface area contributed by atoms with Crippen molar-refractivity contribution in [2.75, 3.05) is 5.43 Å². The third kappa shape index (κ3) is 4.55. The fraction of sp³-hybridized carbons (Fsp3) is 0.0833. The van der Waals surface area contributed by atoms with Gasteiger partial charge in [-0.25, -0.2) is 13.4 Å². The Morgan fingerprint density at radius 2 is 1.88 bits per heavy atom. The van der Waals surface area contributed by atoms with E-state index in [4.69, 9.17) is 11.6 Å². The Hall–Kier alpha value is -2.44. The molecule has 2 aromatic rings. The van der Waals surface area contributed by atoms with Crippen LogP contribution in [0.2, 0.25) is 5.02 Å². The second kappa shape index (κ2) is 6.82. The van der Waals surface area contributed by atoms with Crippen LogP contribution in [-0.4, -0.2) is 18.3 Å². The zero-order chi connectivity index (χ0) is 18.8. The molecule has 0 aliphatic rings. The van der Waals surface area contributed by atoms with Crippen molar-refractivity contribution < 1.29 is 26.5 Å². The molecule has 13 heteroatoms. The molecule has 0 radical (unpaired) electrons. The van der Waals surface area contributed by atoms with Crippen LogP contribution in [0.4, 0.5) is 24.7 Å². The summed E-state index contributed by atoms with van der Waals surface area (Å²) in [5.74, 6) is -0.208. The third-order valence-corrected chi connectivity index (χ3v) is 4.39. The molecule has 0 atom stereocenters. The first-order valence-electron chi connectivity index (χ1n) is 6.26. The highest BCUT2D eigenvalue weighted by Gasteiger charge is 2.30. The molecule has 0 saturated carbocycles. The summed E-state index contributed by atoms with van der Waals surface area (Å²) in [5, 5.41) is 10.5. The van der Waals surface area contributed by atoms with Gasteiger partial charge in [0.05, 0.1) is 15.4 Å². The second-order valence-corrected chi connectivity index (χ2v) is 6.62. The second-order valence-electron chi connectivity index (χ2n) is 4.53. The van der Waals surface area contributed by atoms with Crippen LogP contribution in [0.3, 0.4) is 0 Å². The highest BCUT2D eigenvalue weighted by Crippen LogP contribution is 2.29. The number of nitro benzene ring substituents is 1. The molecule has 1 aromatic carbocycles. The van der Waals surface area contributed by atoms with E-state index in [0.717, 1.165) is 24.3 Å². The lowest BCUT2D eigenvalue weighted by Gasteiger charge is -2.10. The summed E-state index contributed by atoms with van der Waals surface area (Å²) < 4.78 is 61.4.